The summed E-state index contributed by atoms with van der Waals surface area (Å²) in [4.78, 5) is 36.8. The summed E-state index contributed by atoms with van der Waals surface area (Å²) in [5.41, 5.74) is 0.710. The Balaban J connectivity index is 1.64. The van der Waals surface area contributed by atoms with E-state index >= 15 is 0 Å². The highest BCUT2D eigenvalue weighted by molar-refractivity contribution is 7.92. The first kappa shape index (κ1) is 22.8. The molecule has 0 spiro atoms. The topological polar surface area (TPSA) is 142 Å². The Hall–Kier alpha value is -4.38. The van der Waals surface area contributed by atoms with Crippen molar-refractivity contribution >= 4 is 44.9 Å². The van der Waals surface area contributed by atoms with Crippen molar-refractivity contribution in [2.75, 3.05) is 28.1 Å². The molecular formula is C23H19N3O7S. The van der Waals surface area contributed by atoms with Gasteiger partial charge < -0.3 is 15.2 Å². The lowest BCUT2D eigenvalue weighted by Crippen LogP contribution is -2.42. The highest BCUT2D eigenvalue weighted by Crippen LogP contribution is 2.34. The Morgan fingerprint density at radius 3 is 2.44 bits per heavy atom. The summed E-state index contributed by atoms with van der Waals surface area (Å²) < 4.78 is 33.9. The molecule has 3 aromatic rings. The van der Waals surface area contributed by atoms with E-state index in [1.807, 2.05) is 0 Å². The molecule has 4 rings (SSSR count). The molecule has 0 radical (unpaired) electrons. The third-order valence-corrected chi connectivity index (χ3v) is 6.29. The smallest absolute Gasteiger partial charge is 0.323 e. The predicted molar refractivity (Wildman–Crippen MR) is 124 cm³/mol. The fourth-order valence-corrected chi connectivity index (χ4v) is 4.45. The van der Waals surface area contributed by atoms with Crippen LogP contribution in [0.15, 0.2) is 77.7 Å². The van der Waals surface area contributed by atoms with Gasteiger partial charge in [0.15, 0.2) is 6.61 Å². The summed E-state index contributed by atoms with van der Waals surface area (Å²) in [6.45, 7) is -0.997. The van der Waals surface area contributed by atoms with E-state index in [1.54, 1.807) is 42.5 Å². The van der Waals surface area contributed by atoms with E-state index in [0.29, 0.717) is 5.69 Å². The number of carboxylic acid groups (broad SMARTS) is 1. The lowest BCUT2D eigenvalue weighted by Gasteiger charge is -2.28. The Bertz CT molecular complexity index is 1370. The van der Waals surface area contributed by atoms with Crippen molar-refractivity contribution in [3.63, 3.8) is 0 Å². The Kier molecular flexibility index (Phi) is 6.19. The van der Waals surface area contributed by atoms with E-state index in [0.717, 1.165) is 11.0 Å². The number of carbonyl (C=O) groups excluding carboxylic acids is 2. The number of para-hydroxylation sites is 2. The van der Waals surface area contributed by atoms with E-state index in [1.165, 1.54) is 24.3 Å². The molecule has 1 heterocycles. The van der Waals surface area contributed by atoms with Gasteiger partial charge in [-0.15, -0.1) is 0 Å². The van der Waals surface area contributed by atoms with Gasteiger partial charge in [0.05, 0.1) is 21.8 Å². The number of hydrogen-bond acceptors (Lipinski definition) is 6. The van der Waals surface area contributed by atoms with Crippen LogP contribution < -0.4 is 19.7 Å². The second-order valence-corrected chi connectivity index (χ2v) is 8.95. The molecule has 0 aliphatic carbocycles. The van der Waals surface area contributed by atoms with Crippen molar-refractivity contribution in [2.24, 2.45) is 0 Å². The fourth-order valence-electron chi connectivity index (χ4n) is 3.35. The van der Waals surface area contributed by atoms with E-state index in [9.17, 15) is 22.8 Å². The van der Waals surface area contributed by atoms with Crippen LogP contribution in [-0.2, 0) is 19.6 Å². The molecule has 2 amide bonds. The van der Waals surface area contributed by atoms with Gasteiger partial charge in [-0.25, -0.2) is 8.42 Å². The number of carbonyl (C=O) groups is 3. The molecule has 0 atom stereocenters. The van der Waals surface area contributed by atoms with Crippen LogP contribution in [0.25, 0.3) is 0 Å². The Morgan fingerprint density at radius 1 is 1.00 bits per heavy atom. The van der Waals surface area contributed by atoms with Crippen molar-refractivity contribution in [3.8, 4) is 5.75 Å². The molecule has 0 unspecified atom stereocenters. The summed E-state index contributed by atoms with van der Waals surface area (Å²) in [6.07, 6.45) is 0. The lowest BCUT2D eigenvalue weighted by atomic mass is 10.1. The molecule has 0 aromatic heterocycles. The molecule has 11 heteroatoms. The van der Waals surface area contributed by atoms with E-state index in [2.05, 4.69) is 10.0 Å². The number of ether oxygens (including phenoxy) is 1. The van der Waals surface area contributed by atoms with Crippen molar-refractivity contribution in [3.05, 3.63) is 78.4 Å². The first-order valence-corrected chi connectivity index (χ1v) is 11.5. The van der Waals surface area contributed by atoms with Gasteiger partial charge in [0.25, 0.3) is 21.8 Å². The quantitative estimate of drug-likeness (QED) is 0.471. The number of carboxylic acids is 1. The number of nitrogens with one attached hydrogen (secondary N) is 2. The number of hydrogen-bond donors (Lipinski definition) is 3. The predicted octanol–water partition coefficient (Wildman–Crippen LogP) is 2.55. The summed E-state index contributed by atoms with van der Waals surface area (Å²) >= 11 is 0. The fraction of sp³-hybridized carbons (Fsp3) is 0.0870. The van der Waals surface area contributed by atoms with Gasteiger partial charge in [0.1, 0.15) is 12.3 Å². The third kappa shape index (κ3) is 4.84. The Labute approximate surface area is 194 Å². The van der Waals surface area contributed by atoms with E-state index in [4.69, 9.17) is 9.84 Å². The Morgan fingerprint density at radius 2 is 1.71 bits per heavy atom. The summed E-state index contributed by atoms with van der Waals surface area (Å²) in [6, 6.07) is 18.6. The zero-order valence-electron chi connectivity index (χ0n) is 17.6. The summed E-state index contributed by atoms with van der Waals surface area (Å²) in [5.74, 6) is -2.20. The van der Waals surface area contributed by atoms with Crippen LogP contribution in [0.5, 0.6) is 5.75 Å². The average Bonchev–Trinajstić information content (AvgIpc) is 2.81. The molecule has 0 saturated carbocycles. The van der Waals surface area contributed by atoms with Crippen molar-refractivity contribution in [2.45, 2.75) is 4.90 Å². The van der Waals surface area contributed by atoms with Crippen molar-refractivity contribution in [1.82, 2.24) is 0 Å². The maximum absolute atomic E-state index is 13.1. The van der Waals surface area contributed by atoms with Gasteiger partial charge in [0, 0.05) is 5.69 Å². The minimum absolute atomic E-state index is 0.0247. The number of rotatable bonds is 7. The van der Waals surface area contributed by atoms with Crippen LogP contribution in [0.4, 0.5) is 17.1 Å². The molecule has 10 nitrogen and oxygen atoms in total. The van der Waals surface area contributed by atoms with Crippen molar-refractivity contribution in [1.29, 1.82) is 0 Å². The molecule has 0 fully saturated rings. The number of sulfonamides is 1. The van der Waals surface area contributed by atoms with Crippen LogP contribution in [0, 0.1) is 0 Å². The number of fused-ring (bicyclic) bond motifs is 1. The van der Waals surface area contributed by atoms with Gasteiger partial charge in [-0.05, 0) is 42.5 Å². The molecular weight excluding hydrogens is 462 g/mol. The second kappa shape index (κ2) is 9.24. The van der Waals surface area contributed by atoms with Crippen LogP contribution in [0.1, 0.15) is 10.4 Å². The SMILES string of the molecule is O=C(O)CN1C(=O)COc2ccc(S(=O)(=O)Nc3ccccc3C(=O)Nc3ccccc3)cc21. The maximum atomic E-state index is 13.1. The molecule has 0 bridgehead atoms. The van der Waals surface area contributed by atoms with Crippen molar-refractivity contribution < 1.29 is 32.6 Å². The molecule has 34 heavy (non-hydrogen) atoms. The number of anilines is 3. The molecule has 3 N–H and O–H groups in total. The van der Waals surface area contributed by atoms with E-state index < -0.39 is 34.4 Å². The zero-order chi connectivity index (χ0) is 24.3. The zero-order valence-corrected chi connectivity index (χ0v) is 18.4. The summed E-state index contributed by atoms with van der Waals surface area (Å²) in [7, 11) is -4.22. The van der Waals surface area contributed by atoms with Crippen LogP contribution in [0.2, 0.25) is 0 Å². The molecule has 1 aliphatic rings. The van der Waals surface area contributed by atoms with Crippen LogP contribution in [-0.4, -0.2) is 44.5 Å². The maximum Gasteiger partial charge on any atom is 0.323 e. The first-order valence-electron chi connectivity index (χ1n) is 10.0. The van der Waals surface area contributed by atoms with Gasteiger partial charge in [-0.3, -0.25) is 24.0 Å². The molecule has 174 valence electrons. The number of amides is 2. The second-order valence-electron chi connectivity index (χ2n) is 7.26. The van der Waals surface area contributed by atoms with Gasteiger partial charge in [0.2, 0.25) is 0 Å². The van der Waals surface area contributed by atoms with Crippen LogP contribution in [0.3, 0.4) is 0 Å². The minimum atomic E-state index is -4.22. The third-order valence-electron chi connectivity index (χ3n) is 4.92. The molecule has 3 aromatic carbocycles. The first-order chi connectivity index (χ1) is 16.2. The number of aliphatic carboxylic acids is 1. The number of nitrogens with zero attached hydrogens (tertiary/aromatic N) is 1. The van der Waals surface area contributed by atoms with Crippen LogP contribution >= 0.6 is 0 Å². The average molecular weight is 481 g/mol. The standard InChI is InChI=1S/C23H19N3O7S/c27-21-14-33-20-11-10-16(12-19(20)26(21)13-22(28)29)34(31,32)25-18-9-5-4-8-17(18)23(30)24-15-6-2-1-3-7-15/h1-12,25H,13-14H2,(H,24,30)(H,28,29). The van der Waals surface area contributed by atoms with Gasteiger partial charge >= 0.3 is 5.97 Å². The molecule has 1 aliphatic heterocycles. The normalized spacial score (nSPS) is 12.9. The highest BCUT2D eigenvalue weighted by atomic mass is 32.2. The highest BCUT2D eigenvalue weighted by Gasteiger charge is 2.29. The monoisotopic (exact) mass is 481 g/mol. The summed E-state index contributed by atoms with van der Waals surface area (Å²) in [5, 5.41) is 11.8. The van der Waals surface area contributed by atoms with Gasteiger partial charge in [-0.1, -0.05) is 30.3 Å². The number of benzene rings is 3. The largest absolute Gasteiger partial charge is 0.482 e. The lowest BCUT2D eigenvalue weighted by molar-refractivity contribution is -0.137. The minimum Gasteiger partial charge on any atom is -0.482 e. The molecule has 0 saturated heterocycles. The van der Waals surface area contributed by atoms with Gasteiger partial charge in [-0.2, -0.15) is 0 Å². The van der Waals surface area contributed by atoms with E-state index in [-0.39, 0.29) is 34.2 Å².